The molecule has 0 unspecified atom stereocenters. The Balaban J connectivity index is 1.37. The fourth-order valence-electron chi connectivity index (χ4n) is 5.26. The number of nitrogens with zero attached hydrogens (tertiary/aromatic N) is 2. The van der Waals surface area contributed by atoms with E-state index in [-0.39, 0.29) is 23.5 Å². The summed E-state index contributed by atoms with van der Waals surface area (Å²) < 4.78 is 18.1. The number of aliphatic hydroxyl groups is 8. The Morgan fingerprint density at radius 2 is 1.65 bits per heavy atom. The van der Waals surface area contributed by atoms with Crippen LogP contribution in [0.25, 0.3) is 11.0 Å². The third-order valence-electron chi connectivity index (χ3n) is 7.44. The van der Waals surface area contributed by atoms with Gasteiger partial charge in [-0.3, -0.25) is 9.78 Å². The molecule has 5 rings (SSSR count). The van der Waals surface area contributed by atoms with Crippen molar-refractivity contribution in [1.29, 1.82) is 0 Å². The highest BCUT2D eigenvalue weighted by atomic mass is 16.7. The molecule has 2 saturated heterocycles. The number of ether oxygens (including phenoxy) is 3. The SMILES string of the molecule is Nc1nc2c(c(CN[C@H]3C=C[C@H](O)[C@@H]3O[C@@H]3O[C@H](CO)[C@@H](O)[C@H](O)[C@@H]3O)cn2[C@@H]2O[C@H](CO)[C@@H](O)[C@H]2O)c(=O)[nH]1. The van der Waals surface area contributed by atoms with Crippen molar-refractivity contribution in [1.82, 2.24) is 19.9 Å². The molecular weight excluding hydrogens is 538 g/mol. The molecule has 0 spiro atoms. The quantitative estimate of drug-likeness (QED) is 0.132. The van der Waals surface area contributed by atoms with Gasteiger partial charge >= 0.3 is 0 Å². The van der Waals surface area contributed by atoms with Crippen molar-refractivity contribution < 1.29 is 55.1 Å². The van der Waals surface area contributed by atoms with Gasteiger partial charge < -0.3 is 70.7 Å². The molecule has 222 valence electrons. The van der Waals surface area contributed by atoms with Crippen LogP contribution >= 0.6 is 0 Å². The van der Waals surface area contributed by atoms with E-state index in [0.717, 1.165) is 0 Å². The summed E-state index contributed by atoms with van der Waals surface area (Å²) in [5.41, 5.74) is 5.59. The molecule has 4 heterocycles. The lowest BCUT2D eigenvalue weighted by Gasteiger charge is -2.41. The summed E-state index contributed by atoms with van der Waals surface area (Å²) in [6.45, 7) is -1.21. The molecule has 0 radical (unpaired) electrons. The predicted octanol–water partition coefficient (Wildman–Crippen LogP) is -5.51. The number of rotatable bonds is 8. The monoisotopic (exact) mass is 571 g/mol. The minimum absolute atomic E-state index is 0.0107. The number of nitrogens with one attached hydrogen (secondary N) is 2. The van der Waals surface area contributed by atoms with E-state index < -0.39 is 92.3 Å². The number of hydrogen-bond donors (Lipinski definition) is 11. The number of aromatic amines is 1. The van der Waals surface area contributed by atoms with Gasteiger partial charge in [-0.05, 0) is 5.56 Å². The lowest BCUT2D eigenvalue weighted by molar-refractivity contribution is -0.315. The zero-order chi connectivity index (χ0) is 28.9. The Morgan fingerprint density at radius 3 is 2.33 bits per heavy atom. The van der Waals surface area contributed by atoms with Gasteiger partial charge in [0.2, 0.25) is 5.95 Å². The minimum Gasteiger partial charge on any atom is -0.394 e. The van der Waals surface area contributed by atoms with Crippen LogP contribution in [0.4, 0.5) is 5.95 Å². The van der Waals surface area contributed by atoms with Crippen LogP contribution < -0.4 is 16.6 Å². The smallest absolute Gasteiger partial charge is 0.262 e. The van der Waals surface area contributed by atoms with E-state index in [4.69, 9.17) is 19.9 Å². The van der Waals surface area contributed by atoms with E-state index in [2.05, 4.69) is 15.3 Å². The number of aromatic nitrogens is 3. The molecule has 40 heavy (non-hydrogen) atoms. The van der Waals surface area contributed by atoms with Crippen LogP contribution in [0.3, 0.4) is 0 Å². The lowest BCUT2D eigenvalue weighted by atomic mass is 9.99. The molecule has 3 aliphatic rings. The topological polar surface area (TPSA) is 278 Å². The zero-order valence-electron chi connectivity index (χ0n) is 21.0. The molecule has 17 heteroatoms. The van der Waals surface area contributed by atoms with Crippen molar-refractivity contribution >= 4 is 17.0 Å². The van der Waals surface area contributed by atoms with Crippen LogP contribution in [-0.2, 0) is 20.8 Å². The molecule has 0 bridgehead atoms. The largest absolute Gasteiger partial charge is 0.394 e. The molecule has 0 saturated carbocycles. The number of hydrogen-bond acceptors (Lipinski definition) is 15. The molecule has 0 amide bonds. The molecule has 12 N–H and O–H groups in total. The standard InChI is InChI=1S/C23H33N5O12/c24-23-26-19-12(20(37)27-23)7(4-28(19)21-16(35)14(33)10(5-29)38-21)3-25-8-1-2-9(31)18(8)40-22-17(36)15(34)13(32)11(6-30)39-22/h1-2,4,8-11,13-18,21-22,25,29-36H,3,5-6H2,(H3,24,26,27,37)/t8-,9-,10+,11+,13+,14+,15-,16+,17-,18+,21+,22-/m0/s1. The molecule has 12 atom stereocenters. The van der Waals surface area contributed by atoms with Crippen LogP contribution in [0.15, 0.2) is 23.1 Å². The second-order valence-electron chi connectivity index (χ2n) is 10.0. The average Bonchev–Trinajstić information content (AvgIpc) is 3.56. The van der Waals surface area contributed by atoms with E-state index in [1.54, 1.807) is 6.08 Å². The maximum Gasteiger partial charge on any atom is 0.262 e. The molecular formula is C23H33N5O12. The van der Waals surface area contributed by atoms with Crippen molar-refractivity contribution in [2.75, 3.05) is 18.9 Å². The third kappa shape index (κ3) is 5.04. The van der Waals surface area contributed by atoms with Crippen LogP contribution in [0.5, 0.6) is 0 Å². The highest BCUT2D eigenvalue weighted by molar-refractivity contribution is 5.80. The molecule has 1 aliphatic carbocycles. The summed E-state index contributed by atoms with van der Waals surface area (Å²) >= 11 is 0. The Bertz CT molecular complexity index is 1280. The highest BCUT2D eigenvalue weighted by Gasteiger charge is 2.47. The van der Waals surface area contributed by atoms with Crippen LogP contribution in [0.2, 0.25) is 0 Å². The second-order valence-corrected chi connectivity index (χ2v) is 10.0. The van der Waals surface area contributed by atoms with Gasteiger partial charge in [-0.1, -0.05) is 12.2 Å². The van der Waals surface area contributed by atoms with Crippen LogP contribution in [0.1, 0.15) is 11.8 Å². The van der Waals surface area contributed by atoms with E-state index in [1.165, 1.54) is 16.8 Å². The molecule has 2 aromatic rings. The first kappa shape index (κ1) is 29.0. The predicted molar refractivity (Wildman–Crippen MR) is 132 cm³/mol. The number of nitrogen functional groups attached to an aromatic ring is 1. The summed E-state index contributed by atoms with van der Waals surface area (Å²) in [5, 5.41) is 83.7. The Labute approximate surface area is 225 Å². The van der Waals surface area contributed by atoms with Gasteiger partial charge in [-0.2, -0.15) is 4.98 Å². The maximum atomic E-state index is 12.8. The van der Waals surface area contributed by atoms with Crippen molar-refractivity contribution in [2.45, 2.75) is 80.0 Å². The second kappa shape index (κ2) is 11.4. The zero-order valence-corrected chi connectivity index (χ0v) is 21.0. The van der Waals surface area contributed by atoms with Gasteiger partial charge in [-0.15, -0.1) is 0 Å². The number of nitrogens with two attached hydrogens (primary N) is 1. The fourth-order valence-corrected chi connectivity index (χ4v) is 5.26. The summed E-state index contributed by atoms with van der Waals surface area (Å²) in [5.74, 6) is -0.196. The van der Waals surface area contributed by atoms with Gasteiger partial charge in [0.1, 0.15) is 54.9 Å². The van der Waals surface area contributed by atoms with Crippen molar-refractivity contribution in [3.8, 4) is 0 Å². The first-order chi connectivity index (χ1) is 19.0. The summed E-state index contributed by atoms with van der Waals surface area (Å²) in [6, 6.07) is -0.699. The van der Waals surface area contributed by atoms with Crippen molar-refractivity contribution in [3.63, 3.8) is 0 Å². The number of anilines is 1. The minimum atomic E-state index is -1.67. The molecule has 0 aromatic carbocycles. The van der Waals surface area contributed by atoms with E-state index >= 15 is 0 Å². The van der Waals surface area contributed by atoms with Crippen LogP contribution in [0, 0.1) is 0 Å². The summed E-state index contributed by atoms with van der Waals surface area (Å²) in [4.78, 5) is 19.4. The first-order valence-electron chi connectivity index (χ1n) is 12.6. The van der Waals surface area contributed by atoms with Crippen LogP contribution in [-0.4, -0.2) is 136 Å². The third-order valence-corrected chi connectivity index (χ3v) is 7.44. The molecule has 2 fully saturated rings. The average molecular weight is 572 g/mol. The first-order valence-corrected chi connectivity index (χ1v) is 12.6. The van der Waals surface area contributed by atoms with Crippen molar-refractivity contribution in [2.24, 2.45) is 0 Å². The Kier molecular flexibility index (Phi) is 8.26. The number of fused-ring (bicyclic) bond motifs is 1. The summed E-state index contributed by atoms with van der Waals surface area (Å²) in [7, 11) is 0. The molecule has 17 nitrogen and oxygen atoms in total. The Hall–Kier alpha value is -2.52. The van der Waals surface area contributed by atoms with Gasteiger partial charge in [0.25, 0.3) is 5.56 Å². The summed E-state index contributed by atoms with van der Waals surface area (Å²) in [6.07, 6.45) is -10.4. The number of H-pyrrole nitrogens is 1. The van der Waals surface area contributed by atoms with Gasteiger partial charge in [0, 0.05) is 12.7 Å². The van der Waals surface area contributed by atoms with Crippen molar-refractivity contribution in [3.05, 3.63) is 34.3 Å². The molecule has 2 aliphatic heterocycles. The maximum absolute atomic E-state index is 12.8. The van der Waals surface area contributed by atoms with Gasteiger partial charge in [0.05, 0.1) is 24.6 Å². The van der Waals surface area contributed by atoms with Gasteiger partial charge in [-0.25, -0.2) is 0 Å². The molecule has 2 aromatic heterocycles. The fraction of sp³-hybridized carbons (Fsp3) is 0.652. The normalized spacial score (nSPS) is 39.9. The highest BCUT2D eigenvalue weighted by Crippen LogP contribution is 2.33. The Morgan fingerprint density at radius 1 is 0.975 bits per heavy atom. The van der Waals surface area contributed by atoms with E-state index in [0.29, 0.717) is 5.56 Å². The lowest BCUT2D eigenvalue weighted by Crippen LogP contribution is -2.60. The van der Waals surface area contributed by atoms with E-state index in [9.17, 15) is 45.6 Å². The van der Waals surface area contributed by atoms with E-state index in [1.807, 2.05) is 0 Å². The van der Waals surface area contributed by atoms with Gasteiger partial charge in [0.15, 0.2) is 18.2 Å². The number of aliphatic hydroxyl groups excluding tert-OH is 8.